The lowest BCUT2D eigenvalue weighted by Crippen LogP contribution is -2.27. The van der Waals surface area contributed by atoms with Crippen molar-refractivity contribution < 1.29 is 0 Å². The van der Waals surface area contributed by atoms with Crippen LogP contribution >= 0.6 is 0 Å². The molecule has 1 heteroatoms. The maximum Gasteiger partial charge on any atom is 0.00891 e. The standard InChI is InChI=1S/C37H71N/c1-4-5-6-7-8-15-26-37(38(2)3)27-16-11-12-19-32-20-17-24-35-30-28-33-22-13-9-10-14-23-34(33)29-31-36(35)25-18-21-32/h32-37H,4-31H2,1-3H3. The van der Waals surface area contributed by atoms with Crippen molar-refractivity contribution in [2.75, 3.05) is 14.1 Å². The molecule has 3 rings (SSSR count). The molecule has 3 aliphatic carbocycles. The van der Waals surface area contributed by atoms with Crippen LogP contribution in [0, 0.1) is 29.6 Å². The van der Waals surface area contributed by atoms with Crippen LogP contribution in [0.25, 0.3) is 0 Å². The first-order valence-corrected chi connectivity index (χ1v) is 18.3. The maximum absolute atomic E-state index is 2.52. The van der Waals surface area contributed by atoms with Gasteiger partial charge in [0.05, 0.1) is 0 Å². The van der Waals surface area contributed by atoms with Gasteiger partial charge in [-0.2, -0.15) is 0 Å². The fraction of sp³-hybridized carbons (Fsp3) is 1.00. The largest absolute Gasteiger partial charge is 0.306 e. The molecule has 1 nitrogen and oxygen atoms in total. The van der Waals surface area contributed by atoms with E-state index < -0.39 is 0 Å². The molecule has 0 aromatic heterocycles. The highest BCUT2D eigenvalue weighted by Crippen LogP contribution is 2.43. The quantitative estimate of drug-likeness (QED) is 0.202. The van der Waals surface area contributed by atoms with Gasteiger partial charge in [-0.1, -0.05) is 148 Å². The van der Waals surface area contributed by atoms with Gasteiger partial charge in [-0.15, -0.1) is 0 Å². The summed E-state index contributed by atoms with van der Waals surface area (Å²) < 4.78 is 0. The van der Waals surface area contributed by atoms with Crippen LogP contribution in [-0.2, 0) is 0 Å². The van der Waals surface area contributed by atoms with Crippen molar-refractivity contribution in [3.63, 3.8) is 0 Å². The molecule has 38 heavy (non-hydrogen) atoms. The van der Waals surface area contributed by atoms with Gasteiger partial charge in [0, 0.05) is 6.04 Å². The summed E-state index contributed by atoms with van der Waals surface area (Å²) in [6, 6.07) is 0.820. The van der Waals surface area contributed by atoms with Gasteiger partial charge in [0.1, 0.15) is 0 Å². The molecule has 0 bridgehead atoms. The molecule has 3 saturated carbocycles. The zero-order chi connectivity index (χ0) is 26.8. The summed E-state index contributed by atoms with van der Waals surface area (Å²) in [5.41, 5.74) is 0. The highest BCUT2D eigenvalue weighted by Gasteiger charge is 2.31. The van der Waals surface area contributed by atoms with E-state index in [9.17, 15) is 0 Å². The normalized spacial score (nSPS) is 30.5. The van der Waals surface area contributed by atoms with Crippen molar-refractivity contribution in [2.45, 2.75) is 193 Å². The van der Waals surface area contributed by atoms with Gasteiger partial charge in [-0.3, -0.25) is 0 Å². The Labute approximate surface area is 241 Å². The Hall–Kier alpha value is -0.0400. The number of nitrogens with zero attached hydrogens (tertiary/aromatic N) is 1. The minimum Gasteiger partial charge on any atom is -0.306 e. The number of fused-ring (bicyclic) bond motifs is 2. The van der Waals surface area contributed by atoms with Crippen LogP contribution in [0.2, 0.25) is 0 Å². The molecule has 0 N–H and O–H groups in total. The summed E-state index contributed by atoms with van der Waals surface area (Å²) in [6.07, 6.45) is 42.3. The van der Waals surface area contributed by atoms with Crippen LogP contribution < -0.4 is 0 Å². The van der Waals surface area contributed by atoms with Gasteiger partial charge in [0.15, 0.2) is 0 Å². The lowest BCUT2D eigenvalue weighted by atomic mass is 9.69. The van der Waals surface area contributed by atoms with Gasteiger partial charge in [-0.05, 0) is 82.2 Å². The average Bonchev–Trinajstić information content (AvgIpc) is 2.97. The molecule has 0 spiro atoms. The lowest BCUT2D eigenvalue weighted by molar-refractivity contribution is 0.142. The first-order chi connectivity index (χ1) is 18.7. The second-order valence-corrected chi connectivity index (χ2v) is 14.7. The third-order valence-electron chi connectivity index (χ3n) is 11.7. The lowest BCUT2D eigenvalue weighted by Gasteiger charge is -2.37. The summed E-state index contributed by atoms with van der Waals surface area (Å²) in [7, 11) is 4.63. The van der Waals surface area contributed by atoms with E-state index in [0.29, 0.717) is 0 Å². The zero-order valence-corrected chi connectivity index (χ0v) is 26.7. The smallest absolute Gasteiger partial charge is 0.00891 e. The maximum atomic E-state index is 2.52. The van der Waals surface area contributed by atoms with Crippen molar-refractivity contribution in [1.82, 2.24) is 4.90 Å². The number of rotatable bonds is 14. The van der Waals surface area contributed by atoms with Crippen LogP contribution in [0.15, 0.2) is 0 Å². The Kier molecular flexibility index (Phi) is 17.0. The molecule has 5 atom stereocenters. The molecule has 0 amide bonds. The molecule has 0 aromatic carbocycles. The van der Waals surface area contributed by atoms with Gasteiger partial charge >= 0.3 is 0 Å². The minimum absolute atomic E-state index is 0.820. The van der Waals surface area contributed by atoms with Crippen molar-refractivity contribution in [3.8, 4) is 0 Å². The van der Waals surface area contributed by atoms with Crippen LogP contribution in [0.4, 0.5) is 0 Å². The van der Waals surface area contributed by atoms with Gasteiger partial charge in [-0.25, -0.2) is 0 Å². The summed E-state index contributed by atoms with van der Waals surface area (Å²) in [6.45, 7) is 2.32. The Morgan fingerprint density at radius 2 is 0.921 bits per heavy atom. The van der Waals surface area contributed by atoms with E-state index in [0.717, 1.165) is 35.6 Å². The van der Waals surface area contributed by atoms with E-state index in [1.54, 1.807) is 77.0 Å². The molecule has 0 aromatic rings. The monoisotopic (exact) mass is 530 g/mol. The van der Waals surface area contributed by atoms with E-state index in [1.807, 2.05) is 0 Å². The molecular weight excluding hydrogens is 458 g/mol. The fourth-order valence-electron chi connectivity index (χ4n) is 9.07. The van der Waals surface area contributed by atoms with Crippen LogP contribution in [0.3, 0.4) is 0 Å². The van der Waals surface area contributed by atoms with E-state index in [-0.39, 0.29) is 0 Å². The van der Waals surface area contributed by atoms with E-state index in [4.69, 9.17) is 0 Å². The summed E-state index contributed by atoms with van der Waals surface area (Å²) in [5, 5.41) is 0. The van der Waals surface area contributed by atoms with Gasteiger partial charge < -0.3 is 4.90 Å². The Morgan fingerprint density at radius 3 is 1.42 bits per heavy atom. The summed E-state index contributed by atoms with van der Waals surface area (Å²) in [5.74, 6) is 5.38. The predicted molar refractivity (Wildman–Crippen MR) is 170 cm³/mol. The Balaban J connectivity index is 1.31. The summed E-state index contributed by atoms with van der Waals surface area (Å²) >= 11 is 0. The first kappa shape index (κ1) is 32.5. The van der Waals surface area contributed by atoms with E-state index in [2.05, 4.69) is 25.9 Å². The summed E-state index contributed by atoms with van der Waals surface area (Å²) in [4.78, 5) is 2.52. The first-order valence-electron chi connectivity index (χ1n) is 18.3. The van der Waals surface area contributed by atoms with Crippen molar-refractivity contribution in [1.29, 1.82) is 0 Å². The van der Waals surface area contributed by atoms with Crippen molar-refractivity contribution >= 4 is 0 Å². The molecule has 224 valence electrons. The second-order valence-electron chi connectivity index (χ2n) is 14.7. The second kappa shape index (κ2) is 19.9. The number of unbranched alkanes of at least 4 members (excludes halogenated alkanes) is 7. The van der Waals surface area contributed by atoms with E-state index >= 15 is 0 Å². The Bertz CT molecular complexity index is 525. The third-order valence-corrected chi connectivity index (χ3v) is 11.7. The van der Waals surface area contributed by atoms with E-state index in [1.165, 1.54) is 103 Å². The molecule has 3 fully saturated rings. The molecule has 0 heterocycles. The van der Waals surface area contributed by atoms with Crippen molar-refractivity contribution in [3.05, 3.63) is 0 Å². The molecular formula is C37H71N. The van der Waals surface area contributed by atoms with Crippen molar-refractivity contribution in [2.24, 2.45) is 29.6 Å². The molecule has 5 unspecified atom stereocenters. The van der Waals surface area contributed by atoms with Gasteiger partial charge in [0.2, 0.25) is 0 Å². The predicted octanol–water partition coefficient (Wildman–Crippen LogP) is 12.0. The SMILES string of the molecule is CCCCCCCCC(CCCCCC1CCCC2CCC3CCCCCCC3CCC2CCC1)N(C)C. The molecule has 0 aliphatic heterocycles. The van der Waals surface area contributed by atoms with Crippen LogP contribution in [0.5, 0.6) is 0 Å². The minimum atomic E-state index is 0.820. The zero-order valence-electron chi connectivity index (χ0n) is 26.7. The van der Waals surface area contributed by atoms with Crippen LogP contribution in [-0.4, -0.2) is 25.0 Å². The van der Waals surface area contributed by atoms with Crippen LogP contribution in [0.1, 0.15) is 187 Å². The third kappa shape index (κ3) is 12.6. The fourth-order valence-corrected chi connectivity index (χ4v) is 9.07. The Morgan fingerprint density at radius 1 is 0.474 bits per heavy atom. The molecule has 3 aliphatic rings. The number of hydrogen-bond donors (Lipinski definition) is 0. The highest BCUT2D eigenvalue weighted by atomic mass is 15.1. The van der Waals surface area contributed by atoms with Gasteiger partial charge in [0.25, 0.3) is 0 Å². The molecule has 0 saturated heterocycles. The molecule has 0 radical (unpaired) electrons. The average molecular weight is 530 g/mol. The topological polar surface area (TPSA) is 3.24 Å². The number of hydrogen-bond acceptors (Lipinski definition) is 1. The highest BCUT2D eigenvalue weighted by molar-refractivity contribution is 4.83.